The molecule has 1 aliphatic carbocycles. The van der Waals surface area contributed by atoms with Crippen LogP contribution in [0.2, 0.25) is 5.02 Å². The van der Waals surface area contributed by atoms with E-state index < -0.39 is 0 Å². The molecule has 0 aromatic carbocycles. The lowest BCUT2D eigenvalue weighted by atomic mass is 9.98. The molecule has 1 aromatic rings. The number of hydrogen-bond acceptors (Lipinski definition) is 3. The fraction of sp³-hybridized carbons (Fsp3) is 0.643. The number of nitrogens with one attached hydrogen (secondary N) is 1. The lowest BCUT2D eigenvalue weighted by Crippen LogP contribution is -2.40. The average molecular weight is 268 g/mol. The van der Waals surface area contributed by atoms with Crippen molar-refractivity contribution < 1.29 is 0 Å². The van der Waals surface area contributed by atoms with Crippen LogP contribution in [0.25, 0.3) is 0 Å². The Morgan fingerprint density at radius 2 is 2.00 bits per heavy atom. The second kappa shape index (κ2) is 4.48. The highest BCUT2D eigenvalue weighted by molar-refractivity contribution is 6.31. The predicted molar refractivity (Wildman–Crippen MR) is 75.1 cm³/mol. The van der Waals surface area contributed by atoms with Gasteiger partial charge in [0, 0.05) is 18.4 Å². The van der Waals surface area contributed by atoms with Crippen LogP contribution in [0, 0.1) is 16.7 Å². The van der Waals surface area contributed by atoms with E-state index in [-0.39, 0.29) is 6.04 Å². The molecule has 2 rings (SSSR count). The van der Waals surface area contributed by atoms with E-state index in [9.17, 15) is 0 Å². The third kappa shape index (κ3) is 2.04. The van der Waals surface area contributed by atoms with Crippen LogP contribution in [0.3, 0.4) is 0 Å². The zero-order valence-electron chi connectivity index (χ0n) is 11.5. The Morgan fingerprint density at radius 1 is 1.39 bits per heavy atom. The lowest BCUT2D eigenvalue weighted by molar-refractivity contribution is 0.402. The molecular formula is C14H22ClN3. The van der Waals surface area contributed by atoms with Crippen LogP contribution in [0.1, 0.15) is 33.3 Å². The van der Waals surface area contributed by atoms with Gasteiger partial charge in [0.2, 0.25) is 0 Å². The highest BCUT2D eigenvalue weighted by Crippen LogP contribution is 2.69. The number of halogens is 1. The fourth-order valence-electron chi connectivity index (χ4n) is 3.33. The smallest absolute Gasteiger partial charge is 0.0621 e. The van der Waals surface area contributed by atoms with Gasteiger partial charge in [-0.2, -0.15) is 0 Å². The van der Waals surface area contributed by atoms with Crippen LogP contribution < -0.4 is 11.3 Å². The molecule has 3 nitrogen and oxygen atoms in total. The van der Waals surface area contributed by atoms with Crippen molar-refractivity contribution in [2.75, 3.05) is 0 Å². The summed E-state index contributed by atoms with van der Waals surface area (Å²) in [5.41, 5.74) is 4.69. The van der Waals surface area contributed by atoms with Gasteiger partial charge in [-0.15, -0.1) is 0 Å². The molecule has 0 amide bonds. The Balaban J connectivity index is 2.16. The summed E-state index contributed by atoms with van der Waals surface area (Å²) in [6.45, 7) is 9.21. The minimum Gasteiger partial charge on any atom is -0.271 e. The molecule has 18 heavy (non-hydrogen) atoms. The second-order valence-corrected chi connectivity index (χ2v) is 6.77. The van der Waals surface area contributed by atoms with E-state index in [1.54, 1.807) is 12.4 Å². The zero-order chi connectivity index (χ0) is 13.6. The first-order valence-corrected chi connectivity index (χ1v) is 6.74. The molecular weight excluding hydrogens is 246 g/mol. The van der Waals surface area contributed by atoms with Crippen molar-refractivity contribution in [1.82, 2.24) is 10.4 Å². The van der Waals surface area contributed by atoms with Gasteiger partial charge in [-0.05, 0) is 34.8 Å². The van der Waals surface area contributed by atoms with E-state index in [4.69, 9.17) is 17.4 Å². The molecule has 1 fully saturated rings. The molecule has 4 heteroatoms. The zero-order valence-corrected chi connectivity index (χ0v) is 12.3. The fourth-order valence-corrected chi connectivity index (χ4v) is 3.53. The number of aromatic nitrogens is 1. The van der Waals surface area contributed by atoms with E-state index in [1.165, 1.54) is 0 Å². The molecule has 1 atom stereocenters. The van der Waals surface area contributed by atoms with Gasteiger partial charge in [-0.1, -0.05) is 39.3 Å². The monoisotopic (exact) mass is 267 g/mol. The number of rotatable bonds is 4. The van der Waals surface area contributed by atoms with Crippen molar-refractivity contribution >= 4 is 11.6 Å². The van der Waals surface area contributed by atoms with Gasteiger partial charge >= 0.3 is 0 Å². The normalized spacial score (nSPS) is 22.8. The molecule has 1 saturated carbocycles. The molecule has 0 aliphatic heterocycles. The lowest BCUT2D eigenvalue weighted by Gasteiger charge is -2.18. The number of nitrogens with two attached hydrogens (primary N) is 1. The maximum absolute atomic E-state index is 6.16. The molecule has 0 saturated heterocycles. The Labute approximate surface area is 114 Å². The molecule has 1 unspecified atom stereocenters. The Bertz CT molecular complexity index is 428. The summed E-state index contributed by atoms with van der Waals surface area (Å²) in [4.78, 5) is 4.01. The molecule has 0 spiro atoms. The van der Waals surface area contributed by atoms with Crippen molar-refractivity contribution in [1.29, 1.82) is 0 Å². The van der Waals surface area contributed by atoms with Crippen molar-refractivity contribution in [3.63, 3.8) is 0 Å². The summed E-state index contributed by atoms with van der Waals surface area (Å²) >= 11 is 6.16. The van der Waals surface area contributed by atoms with Gasteiger partial charge in [-0.25, -0.2) is 0 Å². The number of nitrogens with zero attached hydrogens (tertiary/aromatic N) is 1. The Hall–Kier alpha value is -0.640. The highest BCUT2D eigenvalue weighted by atomic mass is 35.5. The summed E-state index contributed by atoms with van der Waals surface area (Å²) in [7, 11) is 0. The number of pyridine rings is 1. The first-order valence-electron chi connectivity index (χ1n) is 6.37. The minimum atomic E-state index is 0.245. The molecule has 1 aromatic heterocycles. The number of hydrogen-bond donors (Lipinski definition) is 2. The van der Waals surface area contributed by atoms with Crippen molar-refractivity contribution in [2.45, 2.75) is 40.2 Å². The summed E-state index contributed by atoms with van der Waals surface area (Å²) in [5.74, 6) is 6.30. The van der Waals surface area contributed by atoms with Crippen LogP contribution in [-0.2, 0) is 6.42 Å². The van der Waals surface area contributed by atoms with E-state index in [0.29, 0.717) is 21.8 Å². The van der Waals surface area contributed by atoms with Crippen LogP contribution in [0.5, 0.6) is 0 Å². The number of hydrazine groups is 1. The van der Waals surface area contributed by atoms with E-state index in [2.05, 4.69) is 38.1 Å². The summed E-state index contributed by atoms with van der Waals surface area (Å²) in [5, 5.41) is 0.717. The van der Waals surface area contributed by atoms with Gasteiger partial charge in [0.05, 0.1) is 5.02 Å². The van der Waals surface area contributed by atoms with Crippen LogP contribution in [0.15, 0.2) is 18.5 Å². The largest absolute Gasteiger partial charge is 0.271 e. The first kappa shape index (κ1) is 13.8. The van der Waals surface area contributed by atoms with Gasteiger partial charge < -0.3 is 0 Å². The van der Waals surface area contributed by atoms with Gasteiger partial charge in [0.1, 0.15) is 0 Å². The molecule has 1 aliphatic rings. The van der Waals surface area contributed by atoms with E-state index in [1.807, 2.05) is 6.07 Å². The second-order valence-electron chi connectivity index (χ2n) is 6.37. The molecule has 100 valence electrons. The summed E-state index contributed by atoms with van der Waals surface area (Å²) in [6, 6.07) is 2.21. The van der Waals surface area contributed by atoms with Crippen molar-refractivity contribution in [3.8, 4) is 0 Å². The topological polar surface area (TPSA) is 50.9 Å². The standard InChI is InChI=1S/C14H22ClN3/c1-13(2)12(14(13,3)4)11(18-16)7-9-5-6-17-8-10(9)15/h5-6,8,11-12,18H,7,16H2,1-4H3. The molecule has 0 radical (unpaired) electrons. The van der Waals surface area contributed by atoms with E-state index in [0.717, 1.165) is 12.0 Å². The molecule has 3 N–H and O–H groups in total. The van der Waals surface area contributed by atoms with Crippen LogP contribution in [-0.4, -0.2) is 11.0 Å². The Morgan fingerprint density at radius 3 is 2.44 bits per heavy atom. The SMILES string of the molecule is CC1(C)C(C(Cc2ccncc2Cl)NN)C1(C)C. The van der Waals surface area contributed by atoms with Crippen LogP contribution >= 0.6 is 11.6 Å². The summed E-state index contributed by atoms with van der Waals surface area (Å²) < 4.78 is 0. The quantitative estimate of drug-likeness (QED) is 0.652. The van der Waals surface area contributed by atoms with Gasteiger partial charge in [-0.3, -0.25) is 16.3 Å². The maximum Gasteiger partial charge on any atom is 0.0621 e. The third-order valence-corrected chi connectivity index (χ3v) is 5.39. The van der Waals surface area contributed by atoms with Crippen LogP contribution in [0.4, 0.5) is 0 Å². The molecule has 1 heterocycles. The van der Waals surface area contributed by atoms with Gasteiger partial charge in [0.15, 0.2) is 0 Å². The third-order valence-electron chi connectivity index (χ3n) is 5.05. The average Bonchev–Trinajstić information content (AvgIpc) is 2.70. The predicted octanol–water partition coefficient (Wildman–Crippen LogP) is 2.79. The minimum absolute atomic E-state index is 0.245. The van der Waals surface area contributed by atoms with Crippen molar-refractivity contribution in [3.05, 3.63) is 29.0 Å². The molecule has 0 bridgehead atoms. The Kier molecular flexibility index (Phi) is 3.43. The van der Waals surface area contributed by atoms with Crippen molar-refractivity contribution in [2.24, 2.45) is 22.6 Å². The van der Waals surface area contributed by atoms with Gasteiger partial charge in [0.25, 0.3) is 0 Å². The summed E-state index contributed by atoms with van der Waals surface area (Å²) in [6.07, 6.45) is 4.31. The highest BCUT2D eigenvalue weighted by Gasteiger charge is 2.66. The van der Waals surface area contributed by atoms with E-state index >= 15 is 0 Å². The first-order chi connectivity index (χ1) is 8.32. The maximum atomic E-state index is 6.16.